The van der Waals surface area contributed by atoms with Gasteiger partial charge in [-0.2, -0.15) is 0 Å². The maximum Gasteiger partial charge on any atom is 0.351 e. The van der Waals surface area contributed by atoms with Gasteiger partial charge in [-0.1, -0.05) is 60.7 Å². The molecule has 142 valence electrons. The molecule has 1 aliphatic rings. The Balaban J connectivity index is 0.000000380. The molecule has 0 bridgehead atoms. The standard InChI is InChI=1S/C19H22N2.C2H2O4/c1-3-7-18(8-4-1)11-13-20-15-16-21(17-20)14-12-19-9-5-2-6-10-19;3-1(4)2(5)6/h1-10,15-16H,11-14,17H2;(H,3,4)(H,5,6)/p-1. The summed E-state index contributed by atoms with van der Waals surface area (Å²) >= 11 is 0. The summed E-state index contributed by atoms with van der Waals surface area (Å²) in [5, 5.41) is 16.3. The lowest BCUT2D eigenvalue weighted by Gasteiger charge is -2.21. The van der Waals surface area contributed by atoms with Crippen LogP contribution in [0.4, 0.5) is 0 Å². The van der Waals surface area contributed by atoms with Crippen molar-refractivity contribution in [2.75, 3.05) is 19.8 Å². The number of rotatable bonds is 6. The third-order valence-electron chi connectivity index (χ3n) is 4.09. The Bertz CT molecular complexity index is 684. The topological polar surface area (TPSA) is 83.9 Å². The van der Waals surface area contributed by atoms with Crippen molar-refractivity contribution in [1.29, 1.82) is 0 Å². The van der Waals surface area contributed by atoms with Crippen LogP contribution in [0.5, 0.6) is 0 Å². The molecule has 0 amide bonds. The zero-order chi connectivity index (χ0) is 19.5. The zero-order valence-electron chi connectivity index (χ0n) is 15.0. The fourth-order valence-corrected chi connectivity index (χ4v) is 2.64. The highest BCUT2D eigenvalue weighted by atomic mass is 16.4. The summed E-state index contributed by atoms with van der Waals surface area (Å²) in [7, 11) is 0. The molecular formula is C21H23N2O4-. The third-order valence-corrected chi connectivity index (χ3v) is 4.09. The molecule has 0 spiro atoms. The van der Waals surface area contributed by atoms with Crippen LogP contribution >= 0.6 is 0 Å². The number of aliphatic carboxylic acids is 2. The van der Waals surface area contributed by atoms with Crippen LogP contribution < -0.4 is 5.11 Å². The van der Waals surface area contributed by atoms with Gasteiger partial charge in [-0.05, 0) is 24.0 Å². The Morgan fingerprint density at radius 2 is 1.19 bits per heavy atom. The van der Waals surface area contributed by atoms with Crippen LogP contribution in [0.25, 0.3) is 0 Å². The number of carboxylic acids is 2. The number of nitrogens with zero attached hydrogens (tertiary/aromatic N) is 2. The summed E-state index contributed by atoms with van der Waals surface area (Å²) in [6.45, 7) is 3.18. The molecule has 6 heteroatoms. The van der Waals surface area contributed by atoms with Gasteiger partial charge in [-0.25, -0.2) is 4.79 Å². The van der Waals surface area contributed by atoms with Gasteiger partial charge in [0.2, 0.25) is 0 Å². The minimum Gasteiger partial charge on any atom is -0.539 e. The van der Waals surface area contributed by atoms with Gasteiger partial charge in [0.25, 0.3) is 0 Å². The first-order valence-corrected chi connectivity index (χ1v) is 8.73. The van der Waals surface area contributed by atoms with Crippen LogP contribution in [0.3, 0.4) is 0 Å². The predicted octanol–water partition coefficient (Wildman–Crippen LogP) is 1.34. The van der Waals surface area contributed by atoms with Crippen molar-refractivity contribution >= 4 is 11.9 Å². The number of benzene rings is 2. The molecule has 2 aromatic carbocycles. The van der Waals surface area contributed by atoms with E-state index in [1.54, 1.807) is 0 Å². The lowest BCUT2D eigenvalue weighted by Crippen LogP contribution is -2.30. The van der Waals surface area contributed by atoms with Crippen LogP contribution in [0, 0.1) is 0 Å². The Kier molecular flexibility index (Phi) is 7.91. The van der Waals surface area contributed by atoms with Crippen molar-refractivity contribution in [1.82, 2.24) is 9.80 Å². The molecule has 1 N–H and O–H groups in total. The molecule has 27 heavy (non-hydrogen) atoms. The minimum atomic E-state index is -2.07. The zero-order valence-corrected chi connectivity index (χ0v) is 15.0. The van der Waals surface area contributed by atoms with E-state index in [1.165, 1.54) is 11.1 Å². The molecule has 2 aromatic rings. The van der Waals surface area contributed by atoms with E-state index in [0.29, 0.717) is 0 Å². The lowest BCUT2D eigenvalue weighted by molar-refractivity contribution is -0.303. The van der Waals surface area contributed by atoms with Crippen LogP contribution in [-0.4, -0.2) is 46.6 Å². The van der Waals surface area contributed by atoms with Gasteiger partial charge in [0.05, 0.1) is 6.67 Å². The maximum absolute atomic E-state index is 9.04. The quantitative estimate of drug-likeness (QED) is 0.776. The molecule has 0 radical (unpaired) electrons. The van der Waals surface area contributed by atoms with Crippen molar-refractivity contribution < 1.29 is 19.8 Å². The molecule has 0 saturated heterocycles. The van der Waals surface area contributed by atoms with Crippen molar-refractivity contribution in [3.63, 3.8) is 0 Å². The summed E-state index contributed by atoms with van der Waals surface area (Å²) in [4.78, 5) is 22.8. The van der Waals surface area contributed by atoms with Crippen LogP contribution in [0.1, 0.15) is 11.1 Å². The van der Waals surface area contributed by atoms with Crippen molar-refractivity contribution in [3.05, 3.63) is 84.2 Å². The molecule has 3 rings (SSSR count). The normalized spacial score (nSPS) is 12.4. The summed E-state index contributed by atoms with van der Waals surface area (Å²) < 4.78 is 0. The monoisotopic (exact) mass is 367 g/mol. The average Bonchev–Trinajstić information content (AvgIpc) is 3.15. The number of carbonyl (C=O) groups is 2. The first kappa shape index (κ1) is 20.0. The molecule has 0 fully saturated rings. The van der Waals surface area contributed by atoms with Gasteiger partial charge in [0.1, 0.15) is 0 Å². The molecule has 0 aliphatic carbocycles. The van der Waals surface area contributed by atoms with Crippen molar-refractivity contribution in [2.24, 2.45) is 0 Å². The molecule has 0 atom stereocenters. The number of carbonyl (C=O) groups excluding carboxylic acids is 1. The van der Waals surface area contributed by atoms with E-state index in [9.17, 15) is 0 Å². The van der Waals surface area contributed by atoms with E-state index < -0.39 is 11.9 Å². The third kappa shape index (κ3) is 7.64. The van der Waals surface area contributed by atoms with E-state index in [2.05, 4.69) is 82.9 Å². The molecule has 0 aromatic heterocycles. The van der Waals surface area contributed by atoms with Gasteiger partial charge in [-0.3, -0.25) is 0 Å². The SMILES string of the molecule is C1=CN(CCc2ccccc2)CN1CCc1ccccc1.O=C([O-])C(=O)O. The van der Waals surface area contributed by atoms with E-state index in [0.717, 1.165) is 32.6 Å². The van der Waals surface area contributed by atoms with Gasteiger partial charge in [-0.15, -0.1) is 0 Å². The summed E-state index contributed by atoms with van der Waals surface area (Å²) in [5.74, 6) is -4.01. The maximum atomic E-state index is 9.04. The molecule has 1 heterocycles. The van der Waals surface area contributed by atoms with E-state index in [-0.39, 0.29) is 0 Å². The largest absolute Gasteiger partial charge is 0.539 e. The average molecular weight is 367 g/mol. The van der Waals surface area contributed by atoms with E-state index >= 15 is 0 Å². The number of hydrogen-bond acceptors (Lipinski definition) is 5. The van der Waals surface area contributed by atoms with Crippen LogP contribution in [0.2, 0.25) is 0 Å². The van der Waals surface area contributed by atoms with E-state index in [4.69, 9.17) is 19.8 Å². The van der Waals surface area contributed by atoms with Crippen LogP contribution in [-0.2, 0) is 22.4 Å². The molecular weight excluding hydrogens is 344 g/mol. The Morgan fingerprint density at radius 1 is 0.815 bits per heavy atom. The first-order chi connectivity index (χ1) is 13.0. The smallest absolute Gasteiger partial charge is 0.351 e. The van der Waals surface area contributed by atoms with E-state index in [1.807, 2.05) is 0 Å². The first-order valence-electron chi connectivity index (χ1n) is 8.73. The molecule has 1 aliphatic heterocycles. The Labute approximate surface area is 159 Å². The van der Waals surface area contributed by atoms with Crippen molar-refractivity contribution in [3.8, 4) is 0 Å². The highest BCUT2D eigenvalue weighted by molar-refractivity contribution is 6.26. The highest BCUT2D eigenvalue weighted by Crippen LogP contribution is 2.10. The van der Waals surface area contributed by atoms with Crippen LogP contribution in [0.15, 0.2) is 73.1 Å². The second-order valence-corrected chi connectivity index (χ2v) is 6.13. The summed E-state index contributed by atoms with van der Waals surface area (Å²) in [5.41, 5.74) is 2.82. The number of hydrogen-bond donors (Lipinski definition) is 1. The molecule has 0 unspecified atom stereocenters. The van der Waals surface area contributed by atoms with Gasteiger partial charge >= 0.3 is 5.97 Å². The van der Waals surface area contributed by atoms with Gasteiger partial charge < -0.3 is 24.8 Å². The van der Waals surface area contributed by atoms with Crippen molar-refractivity contribution in [2.45, 2.75) is 12.8 Å². The molecule has 0 saturated carbocycles. The Morgan fingerprint density at radius 3 is 1.52 bits per heavy atom. The summed E-state index contributed by atoms with van der Waals surface area (Å²) in [6.07, 6.45) is 6.65. The number of carboxylic acid groups (broad SMARTS) is 2. The fourth-order valence-electron chi connectivity index (χ4n) is 2.64. The van der Waals surface area contributed by atoms with Gasteiger partial charge in [0, 0.05) is 25.5 Å². The fraction of sp³-hybridized carbons (Fsp3) is 0.238. The molecule has 6 nitrogen and oxygen atoms in total. The highest BCUT2D eigenvalue weighted by Gasteiger charge is 2.11. The van der Waals surface area contributed by atoms with Gasteiger partial charge in [0.15, 0.2) is 5.97 Å². The summed E-state index contributed by atoms with van der Waals surface area (Å²) in [6, 6.07) is 21.4. The second kappa shape index (κ2) is 10.7. The predicted molar refractivity (Wildman–Crippen MR) is 100 cm³/mol. The Hall–Kier alpha value is -3.28. The minimum absolute atomic E-state index is 1.01. The lowest BCUT2D eigenvalue weighted by atomic mass is 10.1. The second-order valence-electron chi connectivity index (χ2n) is 6.13.